The summed E-state index contributed by atoms with van der Waals surface area (Å²) in [4.78, 5) is 10.8. The minimum Gasteiger partial charge on any atom is -0.374 e. The molecule has 94 valence electrons. The summed E-state index contributed by atoms with van der Waals surface area (Å²) in [5.41, 5.74) is 4.20. The average molecular weight is 267 g/mol. The van der Waals surface area contributed by atoms with Crippen molar-refractivity contribution in [3.63, 3.8) is 0 Å². The molecule has 0 aliphatic rings. The van der Waals surface area contributed by atoms with Crippen molar-refractivity contribution >= 4 is 23.2 Å². The molecule has 1 aromatic carbocycles. The molecule has 1 atom stereocenters. The minimum absolute atomic E-state index is 0.0704. The predicted octanol–water partition coefficient (Wildman–Crippen LogP) is 2.64. The van der Waals surface area contributed by atoms with E-state index >= 15 is 0 Å². The Labute approximate surface area is 101 Å². The lowest BCUT2D eigenvalue weighted by Crippen LogP contribution is -2.32. The molecular formula is C10H10ClF3N2O. The van der Waals surface area contributed by atoms with Crippen LogP contribution in [0, 0.1) is 0 Å². The molecule has 7 heteroatoms. The number of hydrogen-bond acceptors (Lipinski definition) is 2. The highest BCUT2D eigenvalue weighted by atomic mass is 35.5. The summed E-state index contributed by atoms with van der Waals surface area (Å²) in [5, 5.41) is 2.47. The standard InChI is InChI=1S/C10H10ClF3N2O/c1-5(9(15)17)16-8-3-6(10(12,13)14)2-7(11)4-8/h2-5,16H,1H3,(H2,15,17). The summed E-state index contributed by atoms with van der Waals surface area (Å²) < 4.78 is 37.4. The second-order valence-electron chi connectivity index (χ2n) is 3.49. The zero-order valence-corrected chi connectivity index (χ0v) is 9.56. The third-order valence-electron chi connectivity index (χ3n) is 2.04. The van der Waals surface area contributed by atoms with Gasteiger partial charge in [-0.15, -0.1) is 0 Å². The van der Waals surface area contributed by atoms with E-state index in [2.05, 4.69) is 5.32 Å². The molecule has 17 heavy (non-hydrogen) atoms. The fourth-order valence-corrected chi connectivity index (χ4v) is 1.39. The van der Waals surface area contributed by atoms with Crippen molar-refractivity contribution in [3.05, 3.63) is 28.8 Å². The molecule has 1 aromatic rings. The van der Waals surface area contributed by atoms with E-state index in [1.807, 2.05) is 0 Å². The Balaban J connectivity index is 3.02. The van der Waals surface area contributed by atoms with Crippen LogP contribution in [0.4, 0.5) is 18.9 Å². The van der Waals surface area contributed by atoms with Crippen LogP contribution in [0.5, 0.6) is 0 Å². The van der Waals surface area contributed by atoms with Crippen LogP contribution in [-0.4, -0.2) is 11.9 Å². The number of carbonyl (C=O) groups is 1. The number of alkyl halides is 3. The quantitative estimate of drug-likeness (QED) is 0.884. The first-order valence-corrected chi connectivity index (χ1v) is 5.01. The van der Waals surface area contributed by atoms with Gasteiger partial charge in [0.1, 0.15) is 6.04 Å². The summed E-state index contributed by atoms with van der Waals surface area (Å²) in [5.74, 6) is -0.668. The molecule has 0 fully saturated rings. The van der Waals surface area contributed by atoms with Crippen LogP contribution in [-0.2, 0) is 11.0 Å². The van der Waals surface area contributed by atoms with Gasteiger partial charge in [0.25, 0.3) is 0 Å². The van der Waals surface area contributed by atoms with Crippen LogP contribution in [0.2, 0.25) is 5.02 Å². The molecule has 0 saturated heterocycles. The number of nitrogens with two attached hydrogens (primary N) is 1. The average Bonchev–Trinajstić information content (AvgIpc) is 2.15. The molecule has 0 bridgehead atoms. The molecule has 0 aliphatic heterocycles. The minimum atomic E-state index is -4.49. The lowest BCUT2D eigenvalue weighted by Gasteiger charge is -2.14. The van der Waals surface area contributed by atoms with Crippen LogP contribution >= 0.6 is 11.6 Å². The number of halogens is 4. The summed E-state index contributed by atoms with van der Waals surface area (Å²) >= 11 is 5.56. The number of primary amides is 1. The fourth-order valence-electron chi connectivity index (χ4n) is 1.16. The number of anilines is 1. The van der Waals surface area contributed by atoms with Gasteiger partial charge in [0, 0.05) is 10.7 Å². The van der Waals surface area contributed by atoms with Gasteiger partial charge >= 0.3 is 6.18 Å². The zero-order valence-electron chi connectivity index (χ0n) is 8.81. The van der Waals surface area contributed by atoms with E-state index in [0.717, 1.165) is 12.1 Å². The van der Waals surface area contributed by atoms with Crippen molar-refractivity contribution in [2.24, 2.45) is 5.73 Å². The van der Waals surface area contributed by atoms with Gasteiger partial charge in [-0.25, -0.2) is 0 Å². The Morgan fingerprint density at radius 2 is 2.00 bits per heavy atom. The molecule has 0 spiro atoms. The number of amides is 1. The van der Waals surface area contributed by atoms with Crippen LogP contribution in [0.25, 0.3) is 0 Å². The first kappa shape index (κ1) is 13.6. The van der Waals surface area contributed by atoms with Gasteiger partial charge < -0.3 is 11.1 Å². The molecule has 1 rings (SSSR count). The second kappa shape index (κ2) is 4.83. The number of carbonyl (C=O) groups excluding carboxylic acids is 1. The predicted molar refractivity (Wildman–Crippen MR) is 58.7 cm³/mol. The Hall–Kier alpha value is -1.43. The van der Waals surface area contributed by atoms with Crippen molar-refractivity contribution in [3.8, 4) is 0 Å². The number of benzene rings is 1. The van der Waals surface area contributed by atoms with Crippen molar-refractivity contribution in [1.82, 2.24) is 0 Å². The summed E-state index contributed by atoms with van der Waals surface area (Å²) in [7, 11) is 0. The third kappa shape index (κ3) is 3.81. The van der Waals surface area contributed by atoms with E-state index in [1.54, 1.807) is 0 Å². The smallest absolute Gasteiger partial charge is 0.374 e. The van der Waals surface area contributed by atoms with Gasteiger partial charge in [0.05, 0.1) is 5.56 Å². The largest absolute Gasteiger partial charge is 0.416 e. The van der Waals surface area contributed by atoms with E-state index in [0.29, 0.717) is 0 Å². The number of rotatable bonds is 3. The number of nitrogens with one attached hydrogen (secondary N) is 1. The SMILES string of the molecule is CC(Nc1cc(Cl)cc(C(F)(F)F)c1)C(N)=O. The summed E-state index contributed by atoms with van der Waals surface area (Å²) in [6.07, 6.45) is -4.49. The summed E-state index contributed by atoms with van der Waals surface area (Å²) in [6.45, 7) is 1.44. The van der Waals surface area contributed by atoms with Crippen molar-refractivity contribution in [2.75, 3.05) is 5.32 Å². The molecular weight excluding hydrogens is 257 g/mol. The zero-order chi connectivity index (χ0) is 13.2. The van der Waals surface area contributed by atoms with Gasteiger partial charge in [0.15, 0.2) is 0 Å². The lowest BCUT2D eigenvalue weighted by molar-refractivity contribution is -0.137. The second-order valence-corrected chi connectivity index (χ2v) is 3.93. The Morgan fingerprint density at radius 1 is 1.41 bits per heavy atom. The molecule has 0 aromatic heterocycles. The highest BCUT2D eigenvalue weighted by molar-refractivity contribution is 6.31. The highest BCUT2D eigenvalue weighted by Crippen LogP contribution is 2.33. The molecule has 0 saturated carbocycles. The van der Waals surface area contributed by atoms with Crippen molar-refractivity contribution in [2.45, 2.75) is 19.1 Å². The van der Waals surface area contributed by atoms with E-state index < -0.39 is 23.7 Å². The molecule has 0 heterocycles. The van der Waals surface area contributed by atoms with Crippen molar-refractivity contribution < 1.29 is 18.0 Å². The van der Waals surface area contributed by atoms with E-state index in [9.17, 15) is 18.0 Å². The Morgan fingerprint density at radius 3 is 2.47 bits per heavy atom. The van der Waals surface area contributed by atoms with Crippen LogP contribution in [0.3, 0.4) is 0 Å². The van der Waals surface area contributed by atoms with Gasteiger partial charge in [-0.05, 0) is 25.1 Å². The third-order valence-corrected chi connectivity index (χ3v) is 2.25. The van der Waals surface area contributed by atoms with Crippen molar-refractivity contribution in [1.29, 1.82) is 0 Å². The maximum absolute atomic E-state index is 12.5. The van der Waals surface area contributed by atoms with E-state index in [1.165, 1.54) is 13.0 Å². The van der Waals surface area contributed by atoms with Crippen LogP contribution in [0.1, 0.15) is 12.5 Å². The van der Waals surface area contributed by atoms with E-state index in [-0.39, 0.29) is 10.7 Å². The van der Waals surface area contributed by atoms with Gasteiger partial charge in [-0.2, -0.15) is 13.2 Å². The summed E-state index contributed by atoms with van der Waals surface area (Å²) in [6, 6.07) is 2.18. The topological polar surface area (TPSA) is 55.1 Å². The van der Waals surface area contributed by atoms with Gasteiger partial charge in [-0.3, -0.25) is 4.79 Å². The molecule has 1 unspecified atom stereocenters. The first-order valence-electron chi connectivity index (χ1n) is 4.64. The monoisotopic (exact) mass is 266 g/mol. The van der Waals surface area contributed by atoms with Crippen LogP contribution in [0.15, 0.2) is 18.2 Å². The van der Waals surface area contributed by atoms with E-state index in [4.69, 9.17) is 17.3 Å². The molecule has 3 nitrogen and oxygen atoms in total. The first-order chi connectivity index (χ1) is 7.70. The number of hydrogen-bond donors (Lipinski definition) is 2. The van der Waals surface area contributed by atoms with Gasteiger partial charge in [-0.1, -0.05) is 11.6 Å². The highest BCUT2D eigenvalue weighted by Gasteiger charge is 2.31. The fraction of sp³-hybridized carbons (Fsp3) is 0.300. The lowest BCUT2D eigenvalue weighted by atomic mass is 10.2. The van der Waals surface area contributed by atoms with Crippen LogP contribution < -0.4 is 11.1 Å². The molecule has 0 aliphatic carbocycles. The maximum atomic E-state index is 12.5. The Bertz CT molecular complexity index is 434. The molecule has 1 amide bonds. The Kier molecular flexibility index (Phi) is 3.87. The molecule has 0 radical (unpaired) electrons. The van der Waals surface area contributed by atoms with Gasteiger partial charge in [0.2, 0.25) is 5.91 Å². The maximum Gasteiger partial charge on any atom is 0.416 e. The normalized spacial score (nSPS) is 13.2. The molecule has 3 N–H and O–H groups in total.